The van der Waals surface area contributed by atoms with E-state index in [1.807, 2.05) is 12.1 Å². The van der Waals surface area contributed by atoms with Crippen molar-refractivity contribution in [1.82, 2.24) is 10.2 Å². The predicted molar refractivity (Wildman–Crippen MR) is 79.3 cm³/mol. The molecule has 0 radical (unpaired) electrons. The van der Waals surface area contributed by atoms with Gasteiger partial charge in [0.1, 0.15) is 0 Å². The number of carbonyl (C=O) groups is 1. The summed E-state index contributed by atoms with van der Waals surface area (Å²) in [5, 5.41) is 2.91. The van der Waals surface area contributed by atoms with Crippen LogP contribution in [-0.4, -0.2) is 44.2 Å². The summed E-state index contributed by atoms with van der Waals surface area (Å²) < 4.78 is 4.95. The van der Waals surface area contributed by atoms with Crippen LogP contribution in [0.3, 0.4) is 0 Å². The van der Waals surface area contributed by atoms with Crippen molar-refractivity contribution in [3.63, 3.8) is 0 Å². The van der Waals surface area contributed by atoms with Crippen molar-refractivity contribution in [2.24, 2.45) is 0 Å². The Hall–Kier alpha value is -1.59. The Labute approximate surface area is 120 Å². The summed E-state index contributed by atoms with van der Waals surface area (Å²) in [5.74, 6) is 0.0686. The molecule has 1 heterocycles. The van der Waals surface area contributed by atoms with E-state index < -0.39 is 0 Å². The highest BCUT2D eigenvalue weighted by molar-refractivity contribution is 5.78. The van der Waals surface area contributed by atoms with Crippen LogP contribution < -0.4 is 11.1 Å². The summed E-state index contributed by atoms with van der Waals surface area (Å²) in [4.78, 5) is 14.0. The van der Waals surface area contributed by atoms with Crippen LogP contribution >= 0.6 is 0 Å². The molecule has 20 heavy (non-hydrogen) atoms. The van der Waals surface area contributed by atoms with Gasteiger partial charge in [0.15, 0.2) is 0 Å². The van der Waals surface area contributed by atoms with Gasteiger partial charge in [0.25, 0.3) is 0 Å². The number of amides is 1. The Balaban J connectivity index is 1.81. The zero-order chi connectivity index (χ0) is 14.4. The lowest BCUT2D eigenvalue weighted by molar-refractivity contribution is -0.122. The number of benzene rings is 1. The van der Waals surface area contributed by atoms with Gasteiger partial charge in [-0.1, -0.05) is 12.1 Å². The van der Waals surface area contributed by atoms with Crippen molar-refractivity contribution in [2.45, 2.75) is 19.4 Å². The summed E-state index contributed by atoms with van der Waals surface area (Å²) in [6.07, 6.45) is 1.80. The number of nitrogen functional groups attached to an aromatic ring is 1. The number of nitrogens with two attached hydrogens (primary N) is 1. The van der Waals surface area contributed by atoms with Gasteiger partial charge in [-0.25, -0.2) is 0 Å². The van der Waals surface area contributed by atoms with Crippen LogP contribution in [0.15, 0.2) is 18.2 Å². The molecule has 0 atom stereocenters. The normalized spacial score (nSPS) is 14.8. The first-order valence-electron chi connectivity index (χ1n) is 7.05. The van der Waals surface area contributed by atoms with Gasteiger partial charge in [-0.05, 0) is 30.0 Å². The second kappa shape index (κ2) is 7.26. The molecule has 2 rings (SSSR count). The number of hydrogen-bond donors (Lipinski definition) is 2. The maximum absolute atomic E-state index is 11.8. The van der Waals surface area contributed by atoms with Crippen molar-refractivity contribution in [1.29, 1.82) is 0 Å². The largest absolute Gasteiger partial charge is 0.398 e. The first-order chi connectivity index (χ1) is 9.70. The lowest BCUT2D eigenvalue weighted by Crippen LogP contribution is -2.40. The van der Waals surface area contributed by atoms with Crippen molar-refractivity contribution in [3.8, 4) is 0 Å². The highest BCUT2D eigenvalue weighted by Crippen LogP contribution is 2.23. The summed E-state index contributed by atoms with van der Waals surface area (Å²) in [7, 11) is 1.66. The van der Waals surface area contributed by atoms with Crippen LogP contribution in [0.1, 0.15) is 17.5 Å². The average Bonchev–Trinajstić information content (AvgIpc) is 2.45. The lowest BCUT2D eigenvalue weighted by Gasteiger charge is -2.29. The molecule has 1 aliphatic heterocycles. The van der Waals surface area contributed by atoms with E-state index in [2.05, 4.69) is 16.3 Å². The SMILES string of the molecule is COCCCNC(=O)CN1CCc2cccc(N)c2C1. The molecule has 5 heteroatoms. The molecule has 0 fully saturated rings. The maximum atomic E-state index is 11.8. The number of hydrogen-bond acceptors (Lipinski definition) is 4. The Kier molecular flexibility index (Phi) is 5.38. The molecule has 0 saturated heterocycles. The van der Waals surface area contributed by atoms with E-state index in [4.69, 9.17) is 10.5 Å². The second-order valence-electron chi connectivity index (χ2n) is 5.14. The van der Waals surface area contributed by atoms with Crippen LogP contribution in [-0.2, 0) is 22.5 Å². The number of rotatable bonds is 6. The van der Waals surface area contributed by atoms with Gasteiger partial charge < -0.3 is 15.8 Å². The van der Waals surface area contributed by atoms with E-state index >= 15 is 0 Å². The van der Waals surface area contributed by atoms with Gasteiger partial charge in [-0.15, -0.1) is 0 Å². The molecular weight excluding hydrogens is 254 g/mol. The minimum atomic E-state index is 0.0686. The van der Waals surface area contributed by atoms with Crippen LogP contribution in [0.25, 0.3) is 0 Å². The van der Waals surface area contributed by atoms with Crippen molar-refractivity contribution >= 4 is 11.6 Å². The topological polar surface area (TPSA) is 67.6 Å². The van der Waals surface area contributed by atoms with Crippen molar-refractivity contribution in [3.05, 3.63) is 29.3 Å². The quantitative estimate of drug-likeness (QED) is 0.595. The number of methoxy groups -OCH3 is 1. The highest BCUT2D eigenvalue weighted by atomic mass is 16.5. The summed E-state index contributed by atoms with van der Waals surface area (Å²) in [6, 6.07) is 6.04. The standard InChI is InChI=1S/C15H23N3O2/c1-20-9-3-7-17-15(19)11-18-8-6-12-4-2-5-14(16)13(12)10-18/h2,4-5H,3,6-11,16H2,1H3,(H,17,19). The molecule has 110 valence electrons. The highest BCUT2D eigenvalue weighted by Gasteiger charge is 2.19. The number of anilines is 1. The van der Waals surface area contributed by atoms with E-state index in [1.54, 1.807) is 7.11 Å². The first kappa shape index (κ1) is 14.8. The number of fused-ring (bicyclic) bond motifs is 1. The van der Waals surface area contributed by atoms with Crippen LogP contribution in [0.4, 0.5) is 5.69 Å². The van der Waals surface area contributed by atoms with Gasteiger partial charge >= 0.3 is 0 Å². The van der Waals surface area contributed by atoms with Crippen molar-refractivity contribution in [2.75, 3.05) is 39.1 Å². The third-order valence-electron chi connectivity index (χ3n) is 3.60. The molecule has 1 aromatic carbocycles. The first-order valence-corrected chi connectivity index (χ1v) is 7.05. The Morgan fingerprint density at radius 2 is 2.35 bits per heavy atom. The number of carbonyl (C=O) groups excluding carboxylic acids is 1. The van der Waals surface area contributed by atoms with Gasteiger partial charge in [0.2, 0.25) is 5.91 Å². The molecule has 0 saturated carbocycles. The summed E-state index contributed by atoms with van der Waals surface area (Å²) in [6.45, 7) is 3.43. The predicted octanol–water partition coefficient (Wildman–Crippen LogP) is 0.780. The van der Waals surface area contributed by atoms with Crippen molar-refractivity contribution < 1.29 is 9.53 Å². The number of nitrogens with one attached hydrogen (secondary N) is 1. The van der Waals surface area contributed by atoms with Crippen LogP contribution in [0, 0.1) is 0 Å². The van der Waals surface area contributed by atoms with Gasteiger partial charge in [-0.3, -0.25) is 9.69 Å². The fourth-order valence-electron chi connectivity index (χ4n) is 2.50. The Bertz CT molecular complexity index is 462. The number of nitrogens with zero attached hydrogens (tertiary/aromatic N) is 1. The molecule has 1 aliphatic rings. The maximum Gasteiger partial charge on any atom is 0.234 e. The Morgan fingerprint density at radius 3 is 3.15 bits per heavy atom. The fourth-order valence-corrected chi connectivity index (χ4v) is 2.50. The smallest absolute Gasteiger partial charge is 0.234 e. The second-order valence-corrected chi connectivity index (χ2v) is 5.14. The molecule has 1 aromatic rings. The van der Waals surface area contributed by atoms with E-state index in [0.717, 1.165) is 31.6 Å². The summed E-state index contributed by atoms with van der Waals surface area (Å²) >= 11 is 0. The van der Waals surface area contributed by atoms with E-state index in [0.29, 0.717) is 19.7 Å². The summed E-state index contributed by atoms with van der Waals surface area (Å²) in [5.41, 5.74) is 9.31. The molecule has 5 nitrogen and oxygen atoms in total. The molecule has 0 aliphatic carbocycles. The minimum Gasteiger partial charge on any atom is -0.398 e. The monoisotopic (exact) mass is 277 g/mol. The Morgan fingerprint density at radius 1 is 1.50 bits per heavy atom. The van der Waals surface area contributed by atoms with E-state index in [1.165, 1.54) is 11.1 Å². The molecule has 3 N–H and O–H groups in total. The average molecular weight is 277 g/mol. The molecule has 0 unspecified atom stereocenters. The third-order valence-corrected chi connectivity index (χ3v) is 3.60. The van der Waals surface area contributed by atoms with Crippen LogP contribution in [0.2, 0.25) is 0 Å². The lowest BCUT2D eigenvalue weighted by atomic mass is 9.98. The fraction of sp³-hybridized carbons (Fsp3) is 0.533. The van der Waals surface area contributed by atoms with Gasteiger partial charge in [-0.2, -0.15) is 0 Å². The van der Waals surface area contributed by atoms with Gasteiger partial charge in [0.05, 0.1) is 6.54 Å². The number of ether oxygens (including phenoxy) is 1. The molecule has 0 bridgehead atoms. The molecule has 1 amide bonds. The zero-order valence-electron chi connectivity index (χ0n) is 12.0. The van der Waals surface area contributed by atoms with E-state index in [-0.39, 0.29) is 5.91 Å². The molecule has 0 aromatic heterocycles. The van der Waals surface area contributed by atoms with E-state index in [9.17, 15) is 4.79 Å². The third kappa shape index (κ3) is 3.95. The molecule has 0 spiro atoms. The van der Waals surface area contributed by atoms with Gasteiger partial charge in [0, 0.05) is 39.0 Å². The zero-order valence-corrected chi connectivity index (χ0v) is 12.0. The minimum absolute atomic E-state index is 0.0686. The molecular formula is C15H23N3O2. The van der Waals surface area contributed by atoms with Crippen LogP contribution in [0.5, 0.6) is 0 Å².